The van der Waals surface area contributed by atoms with E-state index in [1.54, 1.807) is 0 Å². The lowest BCUT2D eigenvalue weighted by Crippen LogP contribution is -2.31. The monoisotopic (exact) mass is 249 g/mol. The lowest BCUT2D eigenvalue weighted by molar-refractivity contribution is -0.160. The molecule has 1 aromatic carbocycles. The van der Waals surface area contributed by atoms with Gasteiger partial charge in [-0.2, -0.15) is 0 Å². The summed E-state index contributed by atoms with van der Waals surface area (Å²) >= 11 is 0. The third-order valence-corrected chi connectivity index (χ3v) is 2.58. The maximum atomic E-state index is 12.1. The van der Waals surface area contributed by atoms with E-state index in [4.69, 9.17) is 10.5 Å². The molecule has 0 aliphatic rings. The Kier molecular flexibility index (Phi) is 5.35. The van der Waals surface area contributed by atoms with Crippen LogP contribution in [0, 0.1) is 5.92 Å². The molecule has 0 aromatic heterocycles. The second-order valence-corrected chi connectivity index (χ2v) is 5.50. The third-order valence-electron chi connectivity index (χ3n) is 2.58. The molecule has 0 aliphatic heterocycles. The van der Waals surface area contributed by atoms with Crippen LogP contribution in [0.3, 0.4) is 0 Å². The van der Waals surface area contributed by atoms with Crippen LogP contribution in [0.2, 0.25) is 0 Å². The number of hydrogen-bond acceptors (Lipinski definition) is 3. The van der Waals surface area contributed by atoms with Crippen molar-refractivity contribution in [3.8, 4) is 0 Å². The summed E-state index contributed by atoms with van der Waals surface area (Å²) in [6.45, 7) is 6.14. The zero-order valence-electron chi connectivity index (χ0n) is 11.5. The van der Waals surface area contributed by atoms with Crippen molar-refractivity contribution < 1.29 is 9.53 Å². The Labute approximate surface area is 109 Å². The quantitative estimate of drug-likeness (QED) is 0.816. The molecule has 0 amide bonds. The molecule has 0 heterocycles. The van der Waals surface area contributed by atoms with E-state index >= 15 is 0 Å². The van der Waals surface area contributed by atoms with E-state index in [0.29, 0.717) is 19.4 Å². The highest BCUT2D eigenvalue weighted by Crippen LogP contribution is 2.17. The van der Waals surface area contributed by atoms with Gasteiger partial charge in [0.15, 0.2) is 0 Å². The molecule has 18 heavy (non-hydrogen) atoms. The van der Waals surface area contributed by atoms with Crippen LogP contribution in [-0.2, 0) is 16.0 Å². The van der Waals surface area contributed by atoms with E-state index in [9.17, 15) is 4.79 Å². The molecule has 2 N–H and O–H groups in total. The number of carbonyl (C=O) groups is 1. The van der Waals surface area contributed by atoms with Crippen molar-refractivity contribution in [3.05, 3.63) is 35.9 Å². The summed E-state index contributed by atoms with van der Waals surface area (Å²) in [5.41, 5.74) is 6.27. The summed E-state index contributed by atoms with van der Waals surface area (Å²) in [6.07, 6.45) is 1.34. The van der Waals surface area contributed by atoms with E-state index in [-0.39, 0.29) is 11.9 Å². The largest absolute Gasteiger partial charge is 0.460 e. The molecule has 0 spiro atoms. The molecule has 3 nitrogen and oxygen atoms in total. The van der Waals surface area contributed by atoms with Crippen molar-refractivity contribution >= 4 is 5.97 Å². The van der Waals surface area contributed by atoms with Gasteiger partial charge >= 0.3 is 5.97 Å². The van der Waals surface area contributed by atoms with Gasteiger partial charge in [-0.3, -0.25) is 4.79 Å². The lowest BCUT2D eigenvalue weighted by Gasteiger charge is -2.23. The van der Waals surface area contributed by atoms with E-state index in [2.05, 4.69) is 0 Å². The summed E-state index contributed by atoms with van der Waals surface area (Å²) in [7, 11) is 0. The van der Waals surface area contributed by atoms with Crippen LogP contribution in [-0.4, -0.2) is 18.1 Å². The van der Waals surface area contributed by atoms with Gasteiger partial charge in [-0.1, -0.05) is 30.3 Å². The molecule has 0 radical (unpaired) electrons. The second-order valence-electron chi connectivity index (χ2n) is 5.50. The number of carbonyl (C=O) groups excluding carboxylic acids is 1. The molecular formula is C15H23NO2. The summed E-state index contributed by atoms with van der Waals surface area (Å²) < 4.78 is 5.43. The first kappa shape index (κ1) is 14.7. The van der Waals surface area contributed by atoms with Gasteiger partial charge in [-0.15, -0.1) is 0 Å². The molecule has 0 saturated heterocycles. The highest BCUT2D eigenvalue weighted by Gasteiger charge is 2.24. The molecule has 1 unspecified atom stereocenters. The standard InChI is InChI=1S/C15H23NO2/c1-15(2,3)18-14(17)13(9-10-16)11-12-7-5-4-6-8-12/h4-8,13H,9-11,16H2,1-3H3. The third kappa shape index (κ3) is 5.32. The fourth-order valence-electron chi connectivity index (χ4n) is 1.79. The SMILES string of the molecule is CC(C)(C)OC(=O)C(CCN)Cc1ccccc1. The van der Waals surface area contributed by atoms with E-state index < -0.39 is 5.60 Å². The van der Waals surface area contributed by atoms with E-state index in [1.165, 1.54) is 0 Å². The molecule has 0 aliphatic carbocycles. The first-order valence-electron chi connectivity index (χ1n) is 6.39. The fourth-order valence-corrected chi connectivity index (χ4v) is 1.79. The van der Waals surface area contributed by atoms with Crippen LogP contribution in [0.15, 0.2) is 30.3 Å². The molecule has 1 rings (SSSR count). The van der Waals surface area contributed by atoms with Crippen LogP contribution < -0.4 is 5.73 Å². The maximum absolute atomic E-state index is 12.1. The summed E-state index contributed by atoms with van der Waals surface area (Å²) in [5, 5.41) is 0. The number of ether oxygens (including phenoxy) is 1. The molecule has 1 atom stereocenters. The predicted molar refractivity (Wildman–Crippen MR) is 73.2 cm³/mol. The van der Waals surface area contributed by atoms with Gasteiger partial charge in [0.25, 0.3) is 0 Å². The average molecular weight is 249 g/mol. The zero-order valence-corrected chi connectivity index (χ0v) is 11.5. The van der Waals surface area contributed by atoms with Gasteiger partial charge in [0.1, 0.15) is 5.60 Å². The topological polar surface area (TPSA) is 52.3 Å². The fraction of sp³-hybridized carbons (Fsp3) is 0.533. The molecule has 1 aromatic rings. The normalized spacial score (nSPS) is 13.1. The number of benzene rings is 1. The zero-order chi connectivity index (χ0) is 13.6. The molecule has 100 valence electrons. The van der Waals surface area contributed by atoms with Gasteiger partial charge < -0.3 is 10.5 Å². The Morgan fingerprint density at radius 2 is 1.89 bits per heavy atom. The lowest BCUT2D eigenvalue weighted by atomic mass is 9.96. The summed E-state index contributed by atoms with van der Waals surface area (Å²) in [6, 6.07) is 9.96. The first-order chi connectivity index (χ1) is 8.42. The molecule has 0 saturated carbocycles. The van der Waals surface area contributed by atoms with Crippen molar-refractivity contribution in [2.45, 2.75) is 39.2 Å². The van der Waals surface area contributed by atoms with Gasteiger partial charge in [-0.25, -0.2) is 0 Å². The Morgan fingerprint density at radius 1 is 1.28 bits per heavy atom. The number of nitrogens with two attached hydrogens (primary N) is 1. The Hall–Kier alpha value is -1.35. The Balaban J connectivity index is 2.68. The number of rotatable bonds is 5. The van der Waals surface area contributed by atoms with Gasteiger partial charge in [-0.05, 0) is 45.7 Å². The van der Waals surface area contributed by atoms with Crippen LogP contribution in [0.5, 0.6) is 0 Å². The highest BCUT2D eigenvalue weighted by molar-refractivity contribution is 5.73. The van der Waals surface area contributed by atoms with Gasteiger partial charge in [0, 0.05) is 0 Å². The van der Waals surface area contributed by atoms with Crippen LogP contribution in [0.25, 0.3) is 0 Å². The van der Waals surface area contributed by atoms with Gasteiger partial charge in [0.2, 0.25) is 0 Å². The summed E-state index contributed by atoms with van der Waals surface area (Å²) in [4.78, 5) is 12.1. The molecule has 0 fully saturated rings. The van der Waals surface area contributed by atoms with Crippen molar-refractivity contribution in [2.24, 2.45) is 11.7 Å². The first-order valence-corrected chi connectivity index (χ1v) is 6.39. The van der Waals surface area contributed by atoms with E-state index in [1.807, 2.05) is 51.1 Å². The number of esters is 1. The molecular weight excluding hydrogens is 226 g/mol. The Morgan fingerprint density at radius 3 is 2.39 bits per heavy atom. The minimum atomic E-state index is -0.444. The van der Waals surface area contributed by atoms with Crippen molar-refractivity contribution in [3.63, 3.8) is 0 Å². The molecule has 0 bridgehead atoms. The second kappa shape index (κ2) is 6.55. The van der Waals surface area contributed by atoms with Crippen molar-refractivity contribution in [2.75, 3.05) is 6.54 Å². The van der Waals surface area contributed by atoms with Crippen molar-refractivity contribution in [1.82, 2.24) is 0 Å². The van der Waals surface area contributed by atoms with Crippen LogP contribution >= 0.6 is 0 Å². The van der Waals surface area contributed by atoms with E-state index in [0.717, 1.165) is 5.56 Å². The highest BCUT2D eigenvalue weighted by atomic mass is 16.6. The average Bonchev–Trinajstić information content (AvgIpc) is 2.27. The minimum absolute atomic E-state index is 0.156. The minimum Gasteiger partial charge on any atom is -0.460 e. The van der Waals surface area contributed by atoms with Crippen LogP contribution in [0.1, 0.15) is 32.8 Å². The maximum Gasteiger partial charge on any atom is 0.309 e. The molecule has 3 heteroatoms. The number of hydrogen-bond donors (Lipinski definition) is 1. The summed E-state index contributed by atoms with van der Waals surface area (Å²) in [5.74, 6) is -0.312. The van der Waals surface area contributed by atoms with Crippen LogP contribution in [0.4, 0.5) is 0 Å². The van der Waals surface area contributed by atoms with Gasteiger partial charge in [0.05, 0.1) is 5.92 Å². The predicted octanol–water partition coefficient (Wildman–Crippen LogP) is 2.54. The van der Waals surface area contributed by atoms with Crippen molar-refractivity contribution in [1.29, 1.82) is 0 Å². The smallest absolute Gasteiger partial charge is 0.309 e. The Bertz CT molecular complexity index is 368.